The van der Waals surface area contributed by atoms with Crippen molar-refractivity contribution in [2.75, 3.05) is 41.8 Å². The molecule has 0 unspecified atom stereocenters. The predicted molar refractivity (Wildman–Crippen MR) is 279 cm³/mol. The van der Waals surface area contributed by atoms with Gasteiger partial charge in [0.1, 0.15) is 22.8 Å². The third kappa shape index (κ3) is 11.1. The number of esters is 2. The van der Waals surface area contributed by atoms with E-state index in [4.69, 9.17) is 13.9 Å². The summed E-state index contributed by atoms with van der Waals surface area (Å²) in [5.41, 5.74) is 9.80. The fourth-order valence-corrected chi connectivity index (χ4v) is 9.70. The lowest BCUT2D eigenvalue weighted by Crippen LogP contribution is -2.30. The number of benzene rings is 7. The van der Waals surface area contributed by atoms with Crippen LogP contribution in [-0.2, 0) is 29.2 Å². The Kier molecular flexibility index (Phi) is 14.8. The Morgan fingerprint density at radius 2 is 1.18 bits per heavy atom. The number of carbonyl (C=O) groups excluding carboxylic acids is 4. The van der Waals surface area contributed by atoms with Crippen LogP contribution in [0.5, 0.6) is 0 Å². The zero-order valence-corrected chi connectivity index (χ0v) is 41.4. The second kappa shape index (κ2) is 21.3. The summed E-state index contributed by atoms with van der Waals surface area (Å²) >= 11 is 0. The van der Waals surface area contributed by atoms with Crippen molar-refractivity contribution in [2.45, 2.75) is 46.4 Å². The minimum absolute atomic E-state index is 0.00233. The van der Waals surface area contributed by atoms with Crippen LogP contribution in [0.15, 0.2) is 155 Å². The van der Waals surface area contributed by atoms with Crippen LogP contribution in [0, 0.1) is 27.7 Å². The summed E-state index contributed by atoms with van der Waals surface area (Å²) in [6, 6.07) is 42.3. The molecule has 6 aromatic rings. The number of para-hydroxylation sites is 2. The van der Waals surface area contributed by atoms with E-state index < -0.39 is 22.1 Å². The fourth-order valence-electron chi connectivity index (χ4n) is 9.01. The first kappa shape index (κ1) is 50.0. The van der Waals surface area contributed by atoms with Gasteiger partial charge in [0.25, 0.3) is 10.1 Å². The third-order valence-corrected chi connectivity index (χ3v) is 13.1. The van der Waals surface area contributed by atoms with Crippen molar-refractivity contribution in [3.8, 4) is 22.5 Å². The van der Waals surface area contributed by atoms with Crippen molar-refractivity contribution in [3.63, 3.8) is 0 Å². The van der Waals surface area contributed by atoms with Crippen LogP contribution in [0.3, 0.4) is 0 Å². The molecule has 15 heteroatoms. The highest BCUT2D eigenvalue weighted by Crippen LogP contribution is 2.44. The second-order valence-corrected chi connectivity index (χ2v) is 18.8. The van der Waals surface area contributed by atoms with Crippen LogP contribution in [0.4, 0.5) is 28.4 Å². The Morgan fingerprint density at radius 3 is 1.75 bits per heavy atom. The maximum absolute atomic E-state index is 13.3. The Balaban J connectivity index is 1.25. The number of hydrogen-bond donors (Lipinski definition) is 3. The molecule has 0 bridgehead atoms. The predicted octanol–water partition coefficient (Wildman–Crippen LogP) is 10.6. The average Bonchev–Trinajstić information content (AvgIpc) is 3.34. The molecule has 1 aliphatic heterocycles. The molecular weight excluding hydrogens is 933 g/mol. The van der Waals surface area contributed by atoms with Gasteiger partial charge in [-0.05, 0) is 112 Å². The summed E-state index contributed by atoms with van der Waals surface area (Å²) in [6.07, 6.45) is 0. The van der Waals surface area contributed by atoms with Gasteiger partial charge in [-0.3, -0.25) is 14.1 Å². The van der Waals surface area contributed by atoms with Gasteiger partial charge in [-0.15, -0.1) is 0 Å². The van der Waals surface area contributed by atoms with Crippen LogP contribution in [-0.4, -0.2) is 63.0 Å². The van der Waals surface area contributed by atoms with E-state index in [1.165, 1.54) is 19.9 Å². The lowest BCUT2D eigenvalue weighted by molar-refractivity contribution is -0.115. The number of aryl methyl sites for hydroxylation is 4. The Bertz CT molecular complexity index is 3510. The van der Waals surface area contributed by atoms with E-state index in [2.05, 4.69) is 10.6 Å². The van der Waals surface area contributed by atoms with Crippen LogP contribution in [0.2, 0.25) is 0 Å². The molecule has 8 rings (SSSR count). The Hall–Kier alpha value is -8.40. The van der Waals surface area contributed by atoms with Crippen LogP contribution in [0.25, 0.3) is 33.4 Å². The van der Waals surface area contributed by atoms with Crippen LogP contribution >= 0.6 is 0 Å². The van der Waals surface area contributed by atoms with Crippen molar-refractivity contribution >= 4 is 73.3 Å². The van der Waals surface area contributed by atoms with E-state index in [0.29, 0.717) is 61.4 Å². The quantitative estimate of drug-likeness (QED) is 0.0384. The van der Waals surface area contributed by atoms with Gasteiger partial charge in [-0.2, -0.15) is 13.0 Å². The lowest BCUT2D eigenvalue weighted by Gasteiger charge is -2.28. The zero-order chi connectivity index (χ0) is 51.3. The summed E-state index contributed by atoms with van der Waals surface area (Å²) in [6.45, 7) is 11.3. The maximum atomic E-state index is 13.3. The SMILES string of the molecule is CC(=O)Nc1ccc(C(=O)OCCN(c2ccc3c(-c4ccccc4S(=O)(=O)O)c4ccc(=[N+](CCOC(=O)c5ccc(NC(C)=O)cc5)c5c(C)cccc5C)cc-4oc3c2)c2c(C)cccc2C)cc1. The van der Waals surface area contributed by atoms with Crippen molar-refractivity contribution in [2.24, 2.45) is 0 Å². The lowest BCUT2D eigenvalue weighted by atomic mass is 9.93. The molecule has 2 amide bonds. The van der Waals surface area contributed by atoms with Gasteiger partial charge in [0, 0.05) is 81.9 Å². The van der Waals surface area contributed by atoms with Gasteiger partial charge in [-0.1, -0.05) is 54.6 Å². The molecule has 0 spiro atoms. The monoisotopic (exact) mass is 985 g/mol. The number of ether oxygens (including phenoxy) is 2. The Morgan fingerprint density at radius 1 is 0.625 bits per heavy atom. The van der Waals surface area contributed by atoms with Crippen LogP contribution < -0.4 is 25.5 Å². The van der Waals surface area contributed by atoms with Crippen molar-refractivity contribution in [1.82, 2.24) is 4.58 Å². The van der Waals surface area contributed by atoms with E-state index >= 15 is 0 Å². The number of hydrogen-bond acceptors (Lipinski definition) is 10. The van der Waals surface area contributed by atoms with E-state index in [1.807, 2.05) is 110 Å². The highest BCUT2D eigenvalue weighted by atomic mass is 32.2. The first-order valence-electron chi connectivity index (χ1n) is 23.1. The molecule has 366 valence electrons. The number of nitrogens with zero attached hydrogens (tertiary/aromatic N) is 2. The molecule has 0 atom stereocenters. The molecule has 0 saturated heterocycles. The van der Waals surface area contributed by atoms with Crippen molar-refractivity contribution in [3.05, 3.63) is 184 Å². The van der Waals surface area contributed by atoms with Gasteiger partial charge in [-0.25, -0.2) is 9.59 Å². The van der Waals surface area contributed by atoms with E-state index in [9.17, 15) is 32.1 Å². The molecule has 1 heterocycles. The summed E-state index contributed by atoms with van der Waals surface area (Å²) in [7, 11) is -4.71. The highest BCUT2D eigenvalue weighted by Gasteiger charge is 2.27. The Labute approximate surface area is 417 Å². The molecule has 1 aliphatic carbocycles. The third-order valence-electron chi connectivity index (χ3n) is 12.1. The number of carbonyl (C=O) groups is 4. The second-order valence-electron chi connectivity index (χ2n) is 17.4. The van der Waals surface area contributed by atoms with Gasteiger partial charge < -0.3 is 29.4 Å². The van der Waals surface area contributed by atoms with E-state index in [1.54, 1.807) is 66.7 Å². The average molecular weight is 986 g/mol. The number of amides is 2. The first-order chi connectivity index (χ1) is 34.5. The molecule has 0 radical (unpaired) electrons. The molecule has 14 nitrogen and oxygen atoms in total. The molecule has 2 aliphatic rings. The van der Waals surface area contributed by atoms with E-state index in [0.717, 1.165) is 33.6 Å². The highest BCUT2D eigenvalue weighted by molar-refractivity contribution is 7.86. The minimum atomic E-state index is -4.71. The smallest absolute Gasteiger partial charge is 0.338 e. The molecule has 72 heavy (non-hydrogen) atoms. The summed E-state index contributed by atoms with van der Waals surface area (Å²) < 4.78 is 57.2. The molecule has 6 aromatic carbocycles. The molecule has 0 fully saturated rings. The summed E-state index contributed by atoms with van der Waals surface area (Å²) in [4.78, 5) is 51.4. The minimum Gasteiger partial charge on any atom is -0.460 e. The maximum Gasteiger partial charge on any atom is 0.338 e. The van der Waals surface area contributed by atoms with Gasteiger partial charge in [0.15, 0.2) is 13.2 Å². The van der Waals surface area contributed by atoms with Crippen LogP contribution in [0.1, 0.15) is 56.8 Å². The molecule has 0 aromatic heterocycles. The van der Waals surface area contributed by atoms with Gasteiger partial charge >= 0.3 is 11.9 Å². The van der Waals surface area contributed by atoms with Gasteiger partial charge in [0.2, 0.25) is 22.9 Å². The number of nitrogens with one attached hydrogen (secondary N) is 2. The standard InChI is InChI=1S/C57H52N4O10S/c1-35-11-9-12-36(2)54(35)60(29-31-69-56(64)41-17-21-43(22-18-41)58-39(5)62)45-25-27-47-50(33-45)71-51-34-46(26-28-48(51)53(47)49-15-7-8-16-52(49)72(66,67)68)61(55-37(3)13-10-14-38(55)4)30-32-70-57(65)42-19-23-44(24-20-42)59-40(6)63/h7-28,33-34H,29-32H2,1-6H3,(H2-,58,59,62,63,64,65,66,67,68)/p+1. The number of fused-ring (bicyclic) bond motifs is 2. The number of anilines is 4. The van der Waals surface area contributed by atoms with Gasteiger partial charge in [0.05, 0.1) is 23.7 Å². The summed E-state index contributed by atoms with van der Waals surface area (Å²) in [5, 5.41) is 6.63. The largest absolute Gasteiger partial charge is 0.460 e. The van der Waals surface area contributed by atoms with Crippen molar-refractivity contribution < 1.29 is 46.0 Å². The van der Waals surface area contributed by atoms with Crippen molar-refractivity contribution in [1.29, 1.82) is 0 Å². The molecule has 3 N–H and O–H groups in total. The van der Waals surface area contributed by atoms with E-state index in [-0.39, 0.29) is 48.6 Å². The number of rotatable bonds is 15. The zero-order valence-electron chi connectivity index (χ0n) is 40.6. The fraction of sp³-hybridized carbons (Fsp3) is 0.175. The normalized spacial score (nSPS) is 11.8. The summed E-state index contributed by atoms with van der Waals surface area (Å²) in [5.74, 6) is -1.14. The molecular formula is C57H53N4O10S+. The molecule has 0 saturated carbocycles. The topological polar surface area (TPSA) is 185 Å². The first-order valence-corrected chi connectivity index (χ1v) is 24.6.